The number of nitrogen functional groups attached to an aromatic ring is 1. The van der Waals surface area contributed by atoms with Crippen molar-refractivity contribution in [2.24, 2.45) is 0 Å². The monoisotopic (exact) mass is 229 g/mol. The fraction of sp³-hybridized carbons (Fsp3) is 0.167. The van der Waals surface area contributed by atoms with Crippen LogP contribution in [0, 0.1) is 6.92 Å². The summed E-state index contributed by atoms with van der Waals surface area (Å²) in [4.78, 5) is 8.14. The molecule has 0 aliphatic rings. The topological polar surface area (TPSA) is 75.9 Å². The molecule has 0 unspecified atom stereocenters. The van der Waals surface area contributed by atoms with E-state index in [1.807, 2.05) is 31.2 Å². The largest absolute Gasteiger partial charge is 0.393 e. The molecule has 5 nitrogen and oxygen atoms in total. The number of aromatic nitrogens is 2. The van der Waals surface area contributed by atoms with Crippen molar-refractivity contribution in [3.05, 3.63) is 36.2 Å². The Labute approximate surface area is 100 Å². The van der Waals surface area contributed by atoms with Crippen molar-refractivity contribution in [2.45, 2.75) is 6.92 Å². The molecule has 0 amide bonds. The van der Waals surface area contributed by atoms with Crippen LogP contribution in [0.2, 0.25) is 0 Å². The maximum absolute atomic E-state index is 5.92. The van der Waals surface area contributed by atoms with Gasteiger partial charge in [0.15, 0.2) is 11.6 Å². The van der Waals surface area contributed by atoms with E-state index in [2.05, 4.69) is 20.6 Å². The zero-order valence-corrected chi connectivity index (χ0v) is 9.86. The summed E-state index contributed by atoms with van der Waals surface area (Å²) in [6.45, 7) is 2.04. The lowest BCUT2D eigenvalue weighted by molar-refractivity contribution is 1.16. The molecule has 0 saturated heterocycles. The van der Waals surface area contributed by atoms with Gasteiger partial charge >= 0.3 is 0 Å². The number of rotatable bonds is 3. The molecule has 1 heterocycles. The molecular weight excluding hydrogens is 214 g/mol. The van der Waals surface area contributed by atoms with Crippen LogP contribution in [0.1, 0.15) is 5.56 Å². The molecule has 0 bridgehead atoms. The smallest absolute Gasteiger partial charge is 0.159 e. The number of benzene rings is 1. The van der Waals surface area contributed by atoms with Gasteiger partial charge in [-0.3, -0.25) is 0 Å². The molecule has 0 radical (unpaired) electrons. The Kier molecular flexibility index (Phi) is 3.09. The zero-order chi connectivity index (χ0) is 12.3. The van der Waals surface area contributed by atoms with E-state index in [1.54, 1.807) is 7.05 Å². The standard InChI is InChI=1S/C12H15N5/c1-8-3-5-9(6-4-8)17-12-10(13)11(14-2)15-7-16-12/h3-7H,13H2,1-2H3,(H2,14,15,16,17). The van der Waals surface area contributed by atoms with E-state index in [0.29, 0.717) is 17.3 Å². The van der Waals surface area contributed by atoms with Crippen molar-refractivity contribution in [3.63, 3.8) is 0 Å². The van der Waals surface area contributed by atoms with Gasteiger partial charge in [-0.2, -0.15) is 0 Å². The lowest BCUT2D eigenvalue weighted by Crippen LogP contribution is -2.04. The summed E-state index contributed by atoms with van der Waals surface area (Å²) >= 11 is 0. The fourth-order valence-electron chi connectivity index (χ4n) is 1.47. The van der Waals surface area contributed by atoms with Crippen molar-refractivity contribution in [3.8, 4) is 0 Å². The van der Waals surface area contributed by atoms with E-state index in [0.717, 1.165) is 5.69 Å². The quantitative estimate of drug-likeness (QED) is 0.752. The van der Waals surface area contributed by atoms with E-state index in [1.165, 1.54) is 11.9 Å². The molecule has 0 aliphatic carbocycles. The first-order chi connectivity index (χ1) is 8.20. The maximum Gasteiger partial charge on any atom is 0.159 e. The highest BCUT2D eigenvalue weighted by molar-refractivity contribution is 5.77. The van der Waals surface area contributed by atoms with Gasteiger partial charge in [0.2, 0.25) is 0 Å². The Morgan fingerprint density at radius 2 is 1.71 bits per heavy atom. The predicted molar refractivity (Wildman–Crippen MR) is 70.5 cm³/mol. The molecule has 0 fully saturated rings. The molecule has 0 aliphatic heterocycles. The first-order valence-corrected chi connectivity index (χ1v) is 5.32. The van der Waals surface area contributed by atoms with Gasteiger partial charge in [-0.25, -0.2) is 9.97 Å². The summed E-state index contributed by atoms with van der Waals surface area (Å²) in [7, 11) is 1.77. The van der Waals surface area contributed by atoms with E-state index >= 15 is 0 Å². The highest BCUT2D eigenvalue weighted by atomic mass is 15.1. The number of aryl methyl sites for hydroxylation is 1. The highest BCUT2D eigenvalue weighted by Gasteiger charge is 2.06. The molecule has 0 atom stereocenters. The highest BCUT2D eigenvalue weighted by Crippen LogP contribution is 2.25. The molecule has 0 spiro atoms. The zero-order valence-electron chi connectivity index (χ0n) is 9.86. The van der Waals surface area contributed by atoms with Crippen LogP contribution in [0.3, 0.4) is 0 Å². The molecular formula is C12H15N5. The van der Waals surface area contributed by atoms with Crippen molar-refractivity contribution in [1.82, 2.24) is 9.97 Å². The Balaban J connectivity index is 2.27. The van der Waals surface area contributed by atoms with Gasteiger partial charge in [0.25, 0.3) is 0 Å². The Morgan fingerprint density at radius 3 is 2.35 bits per heavy atom. The van der Waals surface area contributed by atoms with Gasteiger partial charge < -0.3 is 16.4 Å². The second-order valence-electron chi connectivity index (χ2n) is 3.73. The first-order valence-electron chi connectivity index (χ1n) is 5.32. The third kappa shape index (κ3) is 2.44. The van der Waals surface area contributed by atoms with E-state index < -0.39 is 0 Å². The second-order valence-corrected chi connectivity index (χ2v) is 3.73. The van der Waals surface area contributed by atoms with Crippen LogP contribution in [0.4, 0.5) is 23.0 Å². The predicted octanol–water partition coefficient (Wildman–Crippen LogP) is 2.15. The Bertz CT molecular complexity index is 507. The van der Waals surface area contributed by atoms with Gasteiger partial charge in [0.1, 0.15) is 12.0 Å². The summed E-state index contributed by atoms with van der Waals surface area (Å²) < 4.78 is 0. The summed E-state index contributed by atoms with van der Waals surface area (Å²) in [6.07, 6.45) is 1.47. The van der Waals surface area contributed by atoms with Gasteiger partial charge in [-0.1, -0.05) is 17.7 Å². The van der Waals surface area contributed by atoms with Crippen molar-refractivity contribution < 1.29 is 0 Å². The van der Waals surface area contributed by atoms with Gasteiger partial charge in [-0.15, -0.1) is 0 Å². The third-order valence-electron chi connectivity index (χ3n) is 2.44. The minimum absolute atomic E-state index is 0.510. The fourth-order valence-corrected chi connectivity index (χ4v) is 1.47. The van der Waals surface area contributed by atoms with Crippen LogP contribution in [0.25, 0.3) is 0 Å². The van der Waals surface area contributed by atoms with Crippen LogP contribution in [-0.2, 0) is 0 Å². The Morgan fingerprint density at radius 1 is 1.06 bits per heavy atom. The SMILES string of the molecule is CNc1ncnc(Nc2ccc(C)cc2)c1N. The minimum Gasteiger partial charge on any atom is -0.393 e. The van der Waals surface area contributed by atoms with Crippen LogP contribution in [-0.4, -0.2) is 17.0 Å². The van der Waals surface area contributed by atoms with Gasteiger partial charge in [0, 0.05) is 12.7 Å². The second kappa shape index (κ2) is 4.69. The van der Waals surface area contributed by atoms with Crippen LogP contribution >= 0.6 is 0 Å². The van der Waals surface area contributed by atoms with E-state index in [4.69, 9.17) is 5.73 Å². The summed E-state index contributed by atoms with van der Waals surface area (Å²) in [5.41, 5.74) is 8.59. The van der Waals surface area contributed by atoms with Gasteiger partial charge in [0.05, 0.1) is 0 Å². The first kappa shape index (κ1) is 11.2. The number of hydrogen-bond acceptors (Lipinski definition) is 5. The number of nitrogens with two attached hydrogens (primary N) is 1. The Hall–Kier alpha value is -2.30. The molecule has 5 heteroatoms. The average Bonchev–Trinajstić information content (AvgIpc) is 2.35. The number of nitrogens with one attached hydrogen (secondary N) is 2. The molecule has 0 saturated carbocycles. The number of hydrogen-bond donors (Lipinski definition) is 3. The molecule has 17 heavy (non-hydrogen) atoms. The molecule has 4 N–H and O–H groups in total. The molecule has 2 rings (SSSR count). The van der Waals surface area contributed by atoms with Crippen molar-refractivity contribution >= 4 is 23.0 Å². The molecule has 2 aromatic rings. The number of nitrogens with zero attached hydrogens (tertiary/aromatic N) is 2. The van der Waals surface area contributed by atoms with Crippen LogP contribution in [0.5, 0.6) is 0 Å². The van der Waals surface area contributed by atoms with Crippen molar-refractivity contribution in [1.29, 1.82) is 0 Å². The molecule has 1 aromatic heterocycles. The average molecular weight is 229 g/mol. The summed E-state index contributed by atoms with van der Waals surface area (Å²) in [5.74, 6) is 1.22. The van der Waals surface area contributed by atoms with Crippen LogP contribution < -0.4 is 16.4 Å². The summed E-state index contributed by atoms with van der Waals surface area (Å²) in [5, 5.41) is 6.07. The lowest BCUT2D eigenvalue weighted by atomic mass is 10.2. The molecule has 1 aromatic carbocycles. The summed E-state index contributed by atoms with van der Waals surface area (Å²) in [6, 6.07) is 8.02. The molecule has 88 valence electrons. The minimum atomic E-state index is 0.510. The van der Waals surface area contributed by atoms with E-state index in [-0.39, 0.29) is 0 Å². The van der Waals surface area contributed by atoms with Gasteiger partial charge in [-0.05, 0) is 19.1 Å². The third-order valence-corrected chi connectivity index (χ3v) is 2.44. The van der Waals surface area contributed by atoms with Crippen LogP contribution in [0.15, 0.2) is 30.6 Å². The van der Waals surface area contributed by atoms with Crippen molar-refractivity contribution in [2.75, 3.05) is 23.4 Å². The number of anilines is 4. The van der Waals surface area contributed by atoms with E-state index in [9.17, 15) is 0 Å². The lowest BCUT2D eigenvalue weighted by Gasteiger charge is -2.10. The maximum atomic E-state index is 5.92. The normalized spacial score (nSPS) is 10.0.